The Kier molecular flexibility index (Phi) is 5.90. The van der Waals surface area contributed by atoms with E-state index in [4.69, 9.17) is 0 Å². The van der Waals surface area contributed by atoms with Gasteiger partial charge in [0.15, 0.2) is 0 Å². The Bertz CT molecular complexity index is 960. The Morgan fingerprint density at radius 1 is 1.20 bits per heavy atom. The van der Waals surface area contributed by atoms with Crippen molar-refractivity contribution in [3.63, 3.8) is 0 Å². The van der Waals surface area contributed by atoms with Crippen molar-refractivity contribution >= 4 is 27.9 Å². The third kappa shape index (κ3) is 4.99. The first-order valence-electron chi connectivity index (χ1n) is 8.73. The summed E-state index contributed by atoms with van der Waals surface area (Å²) in [5, 5.41) is 2.84. The van der Waals surface area contributed by atoms with E-state index in [0.29, 0.717) is 0 Å². The second kappa shape index (κ2) is 8.10. The van der Waals surface area contributed by atoms with E-state index in [9.17, 15) is 36.0 Å². The van der Waals surface area contributed by atoms with E-state index in [0.717, 1.165) is 33.6 Å². The molecule has 1 aromatic carbocycles. The lowest BCUT2D eigenvalue weighted by atomic mass is 9.97. The van der Waals surface area contributed by atoms with Crippen molar-refractivity contribution in [2.24, 2.45) is 5.92 Å². The van der Waals surface area contributed by atoms with Crippen LogP contribution in [0.3, 0.4) is 0 Å². The van der Waals surface area contributed by atoms with Crippen molar-refractivity contribution in [2.75, 3.05) is 19.6 Å². The summed E-state index contributed by atoms with van der Waals surface area (Å²) in [5.41, 5.74) is 2.31. The highest BCUT2D eigenvalue weighted by molar-refractivity contribution is 7.89. The Morgan fingerprint density at radius 2 is 1.87 bits per heavy atom. The maximum absolute atomic E-state index is 12.7. The highest BCUT2D eigenvalue weighted by Gasteiger charge is 2.36. The molecule has 2 saturated heterocycles. The number of carbonyl (C=O) groups excluding carboxylic acids is 3. The summed E-state index contributed by atoms with van der Waals surface area (Å²) in [6, 6.07) is 3.30. The van der Waals surface area contributed by atoms with Crippen molar-refractivity contribution in [1.82, 2.24) is 20.1 Å². The molecular weight excluding hydrogens is 433 g/mol. The Morgan fingerprint density at radius 3 is 2.43 bits per heavy atom. The van der Waals surface area contributed by atoms with E-state index < -0.39 is 45.9 Å². The molecular formula is C16H17F3N4O6S. The fourth-order valence-corrected chi connectivity index (χ4v) is 4.60. The van der Waals surface area contributed by atoms with E-state index in [1.165, 1.54) is 0 Å². The molecule has 2 fully saturated rings. The molecule has 0 unspecified atom stereocenters. The van der Waals surface area contributed by atoms with Crippen LogP contribution in [0.15, 0.2) is 29.2 Å². The number of urea groups is 1. The topological polar surface area (TPSA) is 125 Å². The standard InChI is InChI=1S/C16H17F3N4O6S/c17-16(18,19)29-11-2-1-3-12(8-11)30(27,28)22-6-4-10(5-7-22)14(25)21-23-9-13(24)20-15(23)26/h1-3,8,10H,4-7,9H2,(H,21,25)(H,20,24,26). The Hall–Kier alpha value is -2.87. The minimum atomic E-state index is -4.95. The number of halogens is 3. The van der Waals surface area contributed by atoms with Gasteiger partial charge in [-0.25, -0.2) is 18.2 Å². The van der Waals surface area contributed by atoms with E-state index in [2.05, 4.69) is 10.2 Å². The van der Waals surface area contributed by atoms with E-state index in [-0.39, 0.29) is 37.4 Å². The molecule has 3 rings (SSSR count). The molecule has 164 valence electrons. The molecule has 10 nitrogen and oxygen atoms in total. The largest absolute Gasteiger partial charge is 0.573 e. The lowest BCUT2D eigenvalue weighted by molar-refractivity contribution is -0.274. The van der Waals surface area contributed by atoms with Gasteiger partial charge < -0.3 is 4.74 Å². The van der Waals surface area contributed by atoms with Gasteiger partial charge >= 0.3 is 12.4 Å². The number of hydrazine groups is 1. The van der Waals surface area contributed by atoms with Crippen LogP contribution in [-0.2, 0) is 19.6 Å². The number of amides is 4. The van der Waals surface area contributed by atoms with Crippen molar-refractivity contribution < 1.29 is 40.7 Å². The average molecular weight is 450 g/mol. The summed E-state index contributed by atoms with van der Waals surface area (Å²) in [6.07, 6.45) is -4.69. The molecule has 0 atom stereocenters. The number of benzene rings is 1. The summed E-state index contributed by atoms with van der Waals surface area (Å²) in [5.74, 6) is -2.34. The zero-order valence-corrected chi connectivity index (χ0v) is 16.1. The van der Waals surface area contributed by atoms with Crippen molar-refractivity contribution in [3.05, 3.63) is 24.3 Å². The van der Waals surface area contributed by atoms with Crippen LogP contribution in [0.25, 0.3) is 0 Å². The van der Waals surface area contributed by atoms with Crippen LogP contribution in [0.1, 0.15) is 12.8 Å². The number of nitrogens with zero attached hydrogens (tertiary/aromatic N) is 2. The molecule has 30 heavy (non-hydrogen) atoms. The predicted octanol–water partition coefficient (Wildman–Crippen LogP) is 0.569. The second-order valence-electron chi connectivity index (χ2n) is 6.62. The predicted molar refractivity (Wildman–Crippen MR) is 93.0 cm³/mol. The number of hydrogen-bond acceptors (Lipinski definition) is 6. The molecule has 0 saturated carbocycles. The van der Waals surface area contributed by atoms with Crippen molar-refractivity contribution in [3.8, 4) is 5.75 Å². The van der Waals surface area contributed by atoms with Gasteiger partial charge in [0.25, 0.3) is 0 Å². The molecule has 2 aliphatic rings. The number of hydrogen-bond donors (Lipinski definition) is 2. The van der Waals surface area contributed by atoms with E-state index in [1.807, 2.05) is 5.32 Å². The second-order valence-corrected chi connectivity index (χ2v) is 8.55. The third-order valence-electron chi connectivity index (χ3n) is 4.54. The quantitative estimate of drug-likeness (QED) is 0.632. The smallest absolute Gasteiger partial charge is 0.406 e. The number of sulfonamides is 1. The molecule has 14 heteroatoms. The minimum Gasteiger partial charge on any atom is -0.406 e. The van der Waals surface area contributed by atoms with Gasteiger partial charge in [-0.15, -0.1) is 13.2 Å². The van der Waals surface area contributed by atoms with Crippen LogP contribution < -0.4 is 15.5 Å². The first-order valence-corrected chi connectivity index (χ1v) is 10.2. The van der Waals surface area contributed by atoms with E-state index in [1.54, 1.807) is 0 Å². The number of rotatable bonds is 5. The highest BCUT2D eigenvalue weighted by Crippen LogP contribution is 2.28. The van der Waals surface area contributed by atoms with Gasteiger partial charge in [0.05, 0.1) is 4.90 Å². The monoisotopic (exact) mass is 450 g/mol. The summed E-state index contributed by atoms with van der Waals surface area (Å²) in [7, 11) is -4.09. The number of nitrogens with one attached hydrogen (secondary N) is 2. The Labute approximate surface area is 169 Å². The third-order valence-corrected chi connectivity index (χ3v) is 6.43. The summed E-state index contributed by atoms with van der Waals surface area (Å²) in [6.45, 7) is -0.403. The van der Waals surface area contributed by atoms with E-state index >= 15 is 0 Å². The number of ether oxygens (including phenoxy) is 1. The number of imide groups is 1. The fraction of sp³-hybridized carbons (Fsp3) is 0.438. The molecule has 0 radical (unpaired) electrons. The molecule has 2 heterocycles. The molecule has 0 bridgehead atoms. The highest BCUT2D eigenvalue weighted by atomic mass is 32.2. The van der Waals surface area contributed by atoms with Crippen LogP contribution in [-0.4, -0.2) is 61.6 Å². The summed E-state index contributed by atoms with van der Waals surface area (Å²) in [4.78, 5) is 34.5. The van der Waals surface area contributed by atoms with Gasteiger partial charge in [-0.1, -0.05) is 6.07 Å². The SMILES string of the molecule is O=C1CN(NC(=O)C2CCN(S(=O)(=O)c3cccc(OC(F)(F)F)c3)CC2)C(=O)N1. The van der Waals surface area contributed by atoms with Gasteiger partial charge in [0.1, 0.15) is 12.3 Å². The zero-order valence-electron chi connectivity index (χ0n) is 15.3. The summed E-state index contributed by atoms with van der Waals surface area (Å²) < 4.78 is 67.4. The number of carbonyl (C=O) groups is 3. The number of alkyl halides is 3. The molecule has 0 aromatic heterocycles. The van der Waals surface area contributed by atoms with Gasteiger partial charge in [0.2, 0.25) is 21.8 Å². The van der Waals surface area contributed by atoms with Crippen molar-refractivity contribution in [1.29, 1.82) is 0 Å². The van der Waals surface area contributed by atoms with Crippen LogP contribution in [0.5, 0.6) is 5.75 Å². The maximum atomic E-state index is 12.7. The van der Waals surface area contributed by atoms with Gasteiger partial charge in [-0.2, -0.15) is 4.31 Å². The van der Waals surface area contributed by atoms with Gasteiger partial charge in [0, 0.05) is 25.1 Å². The van der Waals surface area contributed by atoms with Crippen LogP contribution in [0.2, 0.25) is 0 Å². The van der Waals surface area contributed by atoms with Gasteiger partial charge in [-0.3, -0.25) is 20.3 Å². The van der Waals surface area contributed by atoms with Crippen LogP contribution >= 0.6 is 0 Å². The Balaban J connectivity index is 1.61. The number of piperidine rings is 1. The average Bonchev–Trinajstić information content (AvgIpc) is 2.97. The summed E-state index contributed by atoms with van der Waals surface area (Å²) >= 11 is 0. The molecule has 0 spiro atoms. The minimum absolute atomic E-state index is 0.0457. The molecule has 2 N–H and O–H groups in total. The van der Waals surface area contributed by atoms with Crippen LogP contribution in [0, 0.1) is 5.92 Å². The zero-order chi connectivity index (χ0) is 22.1. The van der Waals surface area contributed by atoms with Gasteiger partial charge in [-0.05, 0) is 25.0 Å². The van der Waals surface area contributed by atoms with Crippen molar-refractivity contribution in [2.45, 2.75) is 24.1 Å². The fourth-order valence-electron chi connectivity index (χ4n) is 3.10. The normalized spacial score (nSPS) is 19.0. The lowest BCUT2D eigenvalue weighted by Gasteiger charge is -2.31. The molecule has 4 amide bonds. The molecule has 0 aliphatic carbocycles. The lowest BCUT2D eigenvalue weighted by Crippen LogP contribution is -2.49. The first-order chi connectivity index (χ1) is 14.0. The maximum Gasteiger partial charge on any atom is 0.573 e. The van der Waals surface area contributed by atoms with Crippen LogP contribution in [0.4, 0.5) is 18.0 Å². The first kappa shape index (κ1) is 21.8. The molecule has 2 aliphatic heterocycles. The molecule has 1 aromatic rings.